The maximum atomic E-state index is 10.7. The third-order valence-electron chi connectivity index (χ3n) is 3.83. The van der Waals surface area contributed by atoms with Crippen LogP contribution in [0.4, 0.5) is 0 Å². The van der Waals surface area contributed by atoms with Gasteiger partial charge in [0.25, 0.3) is 0 Å². The number of ether oxygens (including phenoxy) is 1. The molecule has 0 fully saturated rings. The summed E-state index contributed by atoms with van der Waals surface area (Å²) in [5.41, 5.74) is 6.66. The number of aliphatic hydroxyl groups is 1. The molecule has 1 aromatic carbocycles. The summed E-state index contributed by atoms with van der Waals surface area (Å²) < 4.78 is 5.81. The van der Waals surface area contributed by atoms with Crippen LogP contribution in [0.3, 0.4) is 0 Å². The summed E-state index contributed by atoms with van der Waals surface area (Å²) in [5, 5.41) is 12.6. The molecule has 1 aromatic heterocycles. The Hall–Kier alpha value is -1.36. The van der Waals surface area contributed by atoms with Crippen LogP contribution in [-0.2, 0) is 6.42 Å². The van der Waals surface area contributed by atoms with Gasteiger partial charge in [0.1, 0.15) is 5.75 Å². The Morgan fingerprint density at radius 2 is 2.16 bits per heavy atom. The van der Waals surface area contributed by atoms with E-state index in [-0.39, 0.29) is 0 Å². The largest absolute Gasteiger partial charge is 0.493 e. The lowest BCUT2D eigenvalue weighted by atomic mass is 9.75. The van der Waals surface area contributed by atoms with Gasteiger partial charge in [-0.25, -0.2) is 0 Å². The minimum absolute atomic E-state index is 0.403. The first-order chi connectivity index (χ1) is 9.25. The molecule has 0 saturated carbocycles. The normalized spacial score (nSPS) is 23.5. The van der Waals surface area contributed by atoms with Crippen molar-refractivity contribution in [1.29, 1.82) is 0 Å². The molecule has 0 bridgehead atoms. The third kappa shape index (κ3) is 2.16. The van der Waals surface area contributed by atoms with Crippen molar-refractivity contribution in [2.45, 2.75) is 12.5 Å². The van der Waals surface area contributed by atoms with Crippen LogP contribution in [0.1, 0.15) is 16.5 Å². The van der Waals surface area contributed by atoms with E-state index in [1.165, 1.54) is 0 Å². The SMILES string of the molecule is NCC1(C(O)c2cccs2)COc2ccccc2C1. The first-order valence-electron chi connectivity index (χ1n) is 6.37. The standard InChI is InChI=1S/C15H17NO2S/c16-9-15(14(17)13-6-3-7-19-13)8-11-4-1-2-5-12(11)18-10-15/h1-7,14,17H,8-10,16H2. The van der Waals surface area contributed by atoms with Gasteiger partial charge >= 0.3 is 0 Å². The Labute approximate surface area is 116 Å². The van der Waals surface area contributed by atoms with Crippen molar-refractivity contribution in [3.63, 3.8) is 0 Å². The van der Waals surface area contributed by atoms with Crippen LogP contribution in [0.5, 0.6) is 5.75 Å². The number of fused-ring (bicyclic) bond motifs is 1. The minimum Gasteiger partial charge on any atom is -0.493 e. The molecule has 0 spiro atoms. The predicted molar refractivity (Wildman–Crippen MR) is 76.4 cm³/mol. The van der Waals surface area contributed by atoms with E-state index in [0.29, 0.717) is 13.2 Å². The van der Waals surface area contributed by atoms with Crippen molar-refractivity contribution >= 4 is 11.3 Å². The van der Waals surface area contributed by atoms with E-state index in [1.54, 1.807) is 11.3 Å². The molecular formula is C15H17NO2S. The van der Waals surface area contributed by atoms with Gasteiger partial charge in [-0.05, 0) is 29.5 Å². The van der Waals surface area contributed by atoms with Gasteiger partial charge in [0.2, 0.25) is 0 Å². The topological polar surface area (TPSA) is 55.5 Å². The molecule has 0 saturated heterocycles. The van der Waals surface area contributed by atoms with Gasteiger partial charge in [-0.15, -0.1) is 11.3 Å². The van der Waals surface area contributed by atoms with Gasteiger partial charge < -0.3 is 15.6 Å². The summed E-state index contributed by atoms with van der Waals surface area (Å²) in [6, 6.07) is 11.9. The van der Waals surface area contributed by atoms with Gasteiger partial charge in [0.05, 0.1) is 18.1 Å². The van der Waals surface area contributed by atoms with E-state index in [1.807, 2.05) is 41.8 Å². The maximum absolute atomic E-state index is 10.7. The first kappa shape index (κ1) is 12.7. The highest BCUT2D eigenvalue weighted by atomic mass is 32.1. The summed E-state index contributed by atoms with van der Waals surface area (Å²) in [4.78, 5) is 0.952. The lowest BCUT2D eigenvalue weighted by molar-refractivity contribution is -0.0140. The van der Waals surface area contributed by atoms with Gasteiger partial charge in [0, 0.05) is 11.4 Å². The molecule has 2 unspecified atom stereocenters. The van der Waals surface area contributed by atoms with Crippen LogP contribution in [0.2, 0.25) is 0 Å². The number of para-hydroxylation sites is 1. The molecule has 0 amide bonds. The predicted octanol–water partition coefficient (Wildman–Crippen LogP) is 2.36. The number of rotatable bonds is 3. The fraction of sp³-hybridized carbons (Fsp3) is 0.333. The number of nitrogens with two attached hydrogens (primary N) is 1. The van der Waals surface area contributed by atoms with E-state index >= 15 is 0 Å². The second-order valence-electron chi connectivity index (χ2n) is 5.06. The van der Waals surface area contributed by atoms with Crippen molar-refractivity contribution in [2.75, 3.05) is 13.2 Å². The summed E-state index contributed by atoms with van der Waals surface area (Å²) in [5.74, 6) is 0.907. The fourth-order valence-corrected chi connectivity index (χ4v) is 3.46. The maximum Gasteiger partial charge on any atom is 0.122 e. The molecule has 4 heteroatoms. The van der Waals surface area contributed by atoms with Crippen LogP contribution < -0.4 is 10.5 Å². The van der Waals surface area contributed by atoms with Crippen LogP contribution in [0, 0.1) is 5.41 Å². The lowest BCUT2D eigenvalue weighted by Gasteiger charge is -2.40. The number of hydrogen-bond acceptors (Lipinski definition) is 4. The van der Waals surface area contributed by atoms with Crippen LogP contribution >= 0.6 is 11.3 Å². The van der Waals surface area contributed by atoms with Crippen LogP contribution in [-0.4, -0.2) is 18.3 Å². The average molecular weight is 275 g/mol. The Bertz CT molecular complexity index is 555. The molecule has 2 aromatic rings. The second kappa shape index (κ2) is 4.96. The molecule has 3 rings (SSSR count). The zero-order valence-electron chi connectivity index (χ0n) is 10.6. The Morgan fingerprint density at radius 3 is 2.89 bits per heavy atom. The zero-order valence-corrected chi connectivity index (χ0v) is 11.4. The molecular weight excluding hydrogens is 258 g/mol. The highest BCUT2D eigenvalue weighted by Gasteiger charge is 2.42. The molecule has 2 heterocycles. The van der Waals surface area contributed by atoms with E-state index in [2.05, 4.69) is 0 Å². The molecule has 0 radical (unpaired) electrons. The number of benzene rings is 1. The highest BCUT2D eigenvalue weighted by Crippen LogP contribution is 2.43. The lowest BCUT2D eigenvalue weighted by Crippen LogP contribution is -2.45. The van der Waals surface area contributed by atoms with Gasteiger partial charge in [-0.1, -0.05) is 24.3 Å². The van der Waals surface area contributed by atoms with Crippen molar-refractivity contribution in [3.05, 3.63) is 52.2 Å². The van der Waals surface area contributed by atoms with Crippen molar-refractivity contribution in [3.8, 4) is 5.75 Å². The van der Waals surface area contributed by atoms with Crippen LogP contribution in [0.15, 0.2) is 41.8 Å². The number of thiophene rings is 1. The monoisotopic (exact) mass is 275 g/mol. The van der Waals surface area contributed by atoms with E-state index in [9.17, 15) is 5.11 Å². The summed E-state index contributed by atoms with van der Waals surface area (Å²) in [6.07, 6.45) is 0.171. The summed E-state index contributed by atoms with van der Waals surface area (Å²) in [7, 11) is 0. The van der Waals surface area contributed by atoms with Crippen molar-refractivity contribution in [2.24, 2.45) is 11.1 Å². The smallest absolute Gasteiger partial charge is 0.122 e. The molecule has 100 valence electrons. The second-order valence-corrected chi connectivity index (χ2v) is 6.04. The van der Waals surface area contributed by atoms with Gasteiger partial charge in [0.15, 0.2) is 0 Å². The molecule has 3 N–H and O–H groups in total. The number of hydrogen-bond donors (Lipinski definition) is 2. The molecule has 1 aliphatic rings. The average Bonchev–Trinajstić information content (AvgIpc) is 3.00. The van der Waals surface area contributed by atoms with Gasteiger partial charge in [-0.3, -0.25) is 0 Å². The van der Waals surface area contributed by atoms with E-state index in [4.69, 9.17) is 10.5 Å². The van der Waals surface area contributed by atoms with Gasteiger partial charge in [-0.2, -0.15) is 0 Å². The minimum atomic E-state index is -0.578. The molecule has 1 aliphatic heterocycles. The Kier molecular flexibility index (Phi) is 3.31. The van der Waals surface area contributed by atoms with Crippen molar-refractivity contribution < 1.29 is 9.84 Å². The Morgan fingerprint density at radius 1 is 1.32 bits per heavy atom. The zero-order chi connectivity index (χ0) is 13.3. The van der Waals surface area contributed by atoms with Crippen LogP contribution in [0.25, 0.3) is 0 Å². The van der Waals surface area contributed by atoms with Crippen molar-refractivity contribution in [1.82, 2.24) is 0 Å². The first-order valence-corrected chi connectivity index (χ1v) is 7.25. The highest BCUT2D eigenvalue weighted by molar-refractivity contribution is 7.10. The number of aliphatic hydroxyl groups excluding tert-OH is 1. The quantitative estimate of drug-likeness (QED) is 0.904. The molecule has 2 atom stereocenters. The van der Waals surface area contributed by atoms with E-state index < -0.39 is 11.5 Å². The Balaban J connectivity index is 1.94. The summed E-state index contributed by atoms with van der Waals surface area (Å²) >= 11 is 1.56. The third-order valence-corrected chi connectivity index (χ3v) is 4.75. The molecule has 0 aliphatic carbocycles. The van der Waals surface area contributed by atoms with E-state index in [0.717, 1.165) is 22.6 Å². The summed E-state index contributed by atoms with van der Waals surface area (Å²) in [6.45, 7) is 0.861. The molecule has 3 nitrogen and oxygen atoms in total. The molecule has 19 heavy (non-hydrogen) atoms. The fourth-order valence-electron chi connectivity index (χ4n) is 2.61.